The molecule has 1 aromatic carbocycles. The number of carboxylic acid groups (broad SMARTS) is 1. The van der Waals surface area contributed by atoms with E-state index in [-0.39, 0.29) is 5.56 Å². The molecule has 0 heterocycles. The molecule has 0 bridgehead atoms. The lowest BCUT2D eigenvalue weighted by atomic mass is 10.1. The summed E-state index contributed by atoms with van der Waals surface area (Å²) in [6, 6.07) is 3.37. The summed E-state index contributed by atoms with van der Waals surface area (Å²) in [7, 11) is 0. The number of hydrogen-bond donors (Lipinski definition) is 1. The average Bonchev–Trinajstić information content (AvgIpc) is 2.29. The van der Waals surface area contributed by atoms with Crippen LogP contribution < -0.4 is 4.74 Å². The number of aromatic carboxylic acids is 1. The maximum absolute atomic E-state index is 11.2. The fourth-order valence-corrected chi connectivity index (χ4v) is 2.17. The van der Waals surface area contributed by atoms with Gasteiger partial charge in [0, 0.05) is 11.1 Å². The minimum atomic E-state index is -0.998. The lowest BCUT2D eigenvalue weighted by Gasteiger charge is -2.13. The second-order valence-corrected chi connectivity index (χ2v) is 5.64. The Morgan fingerprint density at radius 3 is 2.63 bits per heavy atom. The molecule has 0 saturated carbocycles. The number of halogens is 1. The predicted octanol–water partition coefficient (Wildman–Crippen LogP) is 3.51. The zero-order chi connectivity index (χ0) is 14.4. The van der Waals surface area contributed by atoms with Gasteiger partial charge in [0.15, 0.2) is 0 Å². The molecule has 0 fully saturated rings. The first-order chi connectivity index (χ1) is 8.91. The summed E-state index contributed by atoms with van der Waals surface area (Å²) >= 11 is 3.28. The van der Waals surface area contributed by atoms with Crippen LogP contribution in [0.5, 0.6) is 5.75 Å². The van der Waals surface area contributed by atoms with Crippen LogP contribution in [0.2, 0.25) is 0 Å². The molecule has 4 nitrogen and oxygen atoms in total. The van der Waals surface area contributed by atoms with Crippen LogP contribution in [-0.4, -0.2) is 30.9 Å². The molecule has 0 aromatic heterocycles. The van der Waals surface area contributed by atoms with Crippen LogP contribution >= 0.6 is 15.9 Å². The molecule has 0 spiro atoms. The van der Waals surface area contributed by atoms with Gasteiger partial charge in [-0.2, -0.15) is 0 Å². The monoisotopic (exact) mass is 330 g/mol. The van der Waals surface area contributed by atoms with Gasteiger partial charge in [0.25, 0.3) is 0 Å². The van der Waals surface area contributed by atoms with Crippen molar-refractivity contribution < 1.29 is 19.4 Å². The third kappa shape index (κ3) is 5.20. The van der Waals surface area contributed by atoms with Gasteiger partial charge in [-0.1, -0.05) is 29.8 Å². The van der Waals surface area contributed by atoms with Gasteiger partial charge >= 0.3 is 5.97 Å². The second kappa shape index (κ2) is 7.50. The smallest absolute Gasteiger partial charge is 0.339 e. The summed E-state index contributed by atoms with van der Waals surface area (Å²) in [5, 5.41) is 9.16. The molecule has 5 heteroatoms. The van der Waals surface area contributed by atoms with Crippen molar-refractivity contribution in [2.45, 2.75) is 20.8 Å². The highest BCUT2D eigenvalue weighted by Gasteiger charge is 2.15. The molecule has 1 N–H and O–H groups in total. The van der Waals surface area contributed by atoms with Gasteiger partial charge in [-0.05, 0) is 30.5 Å². The fraction of sp³-hybridized carbons (Fsp3) is 0.500. The van der Waals surface area contributed by atoms with Crippen LogP contribution in [0.25, 0.3) is 0 Å². The molecule has 0 aliphatic carbocycles. The Labute approximate surface area is 121 Å². The van der Waals surface area contributed by atoms with Gasteiger partial charge in [0.1, 0.15) is 17.9 Å². The van der Waals surface area contributed by atoms with Crippen molar-refractivity contribution in [1.82, 2.24) is 0 Å². The van der Waals surface area contributed by atoms with E-state index < -0.39 is 5.97 Å². The lowest BCUT2D eigenvalue weighted by Crippen LogP contribution is -2.12. The summed E-state index contributed by atoms with van der Waals surface area (Å²) in [4.78, 5) is 11.2. The number of aryl methyl sites for hydroxylation is 1. The Hall–Kier alpha value is -1.07. The van der Waals surface area contributed by atoms with Gasteiger partial charge < -0.3 is 14.6 Å². The summed E-state index contributed by atoms with van der Waals surface area (Å²) in [6.07, 6.45) is 0. The van der Waals surface area contributed by atoms with E-state index >= 15 is 0 Å². The molecule has 19 heavy (non-hydrogen) atoms. The van der Waals surface area contributed by atoms with Crippen LogP contribution in [0.3, 0.4) is 0 Å². The van der Waals surface area contributed by atoms with Crippen LogP contribution in [0.4, 0.5) is 0 Å². The van der Waals surface area contributed by atoms with Crippen molar-refractivity contribution in [3.63, 3.8) is 0 Å². The molecule has 106 valence electrons. The van der Waals surface area contributed by atoms with E-state index in [1.165, 1.54) is 0 Å². The molecule has 0 unspecified atom stereocenters. The Bertz CT molecular complexity index is 443. The molecular formula is C14H19BrO4. The minimum Gasteiger partial charge on any atom is -0.490 e. The first-order valence-electron chi connectivity index (χ1n) is 6.15. The van der Waals surface area contributed by atoms with Gasteiger partial charge in [0.2, 0.25) is 0 Å². The van der Waals surface area contributed by atoms with E-state index in [1.54, 1.807) is 6.07 Å². The number of hydrogen-bond acceptors (Lipinski definition) is 3. The minimum absolute atomic E-state index is 0.163. The van der Waals surface area contributed by atoms with Crippen LogP contribution in [0.15, 0.2) is 16.6 Å². The zero-order valence-corrected chi connectivity index (χ0v) is 13.0. The fourth-order valence-electron chi connectivity index (χ4n) is 1.60. The number of rotatable bonds is 7. The van der Waals surface area contributed by atoms with E-state index in [0.717, 1.165) is 10.0 Å². The van der Waals surface area contributed by atoms with Crippen molar-refractivity contribution in [3.05, 3.63) is 27.7 Å². The normalized spacial score (nSPS) is 10.8. The second-order valence-electron chi connectivity index (χ2n) is 4.72. The molecule has 1 rings (SSSR count). The van der Waals surface area contributed by atoms with Crippen molar-refractivity contribution >= 4 is 21.9 Å². The maximum atomic E-state index is 11.2. The van der Waals surface area contributed by atoms with Crippen LogP contribution in [0, 0.1) is 12.8 Å². The molecule has 1 aromatic rings. The number of carboxylic acids is 1. The molecule has 0 aliphatic heterocycles. The van der Waals surface area contributed by atoms with Crippen molar-refractivity contribution in [3.8, 4) is 5.75 Å². The van der Waals surface area contributed by atoms with Crippen molar-refractivity contribution in [2.24, 2.45) is 5.92 Å². The van der Waals surface area contributed by atoms with Crippen molar-refractivity contribution in [1.29, 1.82) is 0 Å². The van der Waals surface area contributed by atoms with Crippen LogP contribution in [0.1, 0.15) is 29.8 Å². The van der Waals surface area contributed by atoms with E-state index in [9.17, 15) is 4.79 Å². The summed E-state index contributed by atoms with van der Waals surface area (Å²) in [5.74, 6) is -0.115. The highest BCUT2D eigenvalue weighted by molar-refractivity contribution is 9.10. The van der Waals surface area contributed by atoms with Gasteiger partial charge in [-0.3, -0.25) is 0 Å². The number of benzene rings is 1. The SMILES string of the molecule is Cc1cc(Br)cc(C(=O)O)c1OCCOCC(C)C. The quantitative estimate of drug-likeness (QED) is 0.777. The third-order valence-electron chi connectivity index (χ3n) is 2.40. The van der Waals surface area contributed by atoms with E-state index in [4.69, 9.17) is 14.6 Å². The molecule has 0 aliphatic rings. The number of ether oxygens (including phenoxy) is 2. The summed E-state index contributed by atoms with van der Waals surface area (Å²) in [5.41, 5.74) is 0.950. The zero-order valence-electron chi connectivity index (χ0n) is 11.4. The summed E-state index contributed by atoms with van der Waals surface area (Å²) < 4.78 is 11.7. The highest BCUT2D eigenvalue weighted by Crippen LogP contribution is 2.28. The Balaban J connectivity index is 2.64. The van der Waals surface area contributed by atoms with Gasteiger partial charge in [-0.15, -0.1) is 0 Å². The molecule has 0 amide bonds. The Kier molecular flexibility index (Phi) is 6.31. The van der Waals surface area contributed by atoms with Crippen LogP contribution in [-0.2, 0) is 4.74 Å². The molecule has 0 atom stereocenters. The standard InChI is InChI=1S/C14H19BrO4/c1-9(2)8-18-4-5-19-13-10(3)6-11(15)7-12(13)14(16)17/h6-7,9H,4-5,8H2,1-3H3,(H,16,17). The third-order valence-corrected chi connectivity index (χ3v) is 2.85. The Morgan fingerprint density at radius 1 is 1.37 bits per heavy atom. The van der Waals surface area contributed by atoms with Crippen molar-refractivity contribution in [2.75, 3.05) is 19.8 Å². The highest BCUT2D eigenvalue weighted by atomic mass is 79.9. The maximum Gasteiger partial charge on any atom is 0.339 e. The van der Waals surface area contributed by atoms with E-state index in [0.29, 0.717) is 31.5 Å². The van der Waals surface area contributed by atoms with Gasteiger partial charge in [-0.25, -0.2) is 4.79 Å². The lowest BCUT2D eigenvalue weighted by molar-refractivity contribution is 0.0677. The topological polar surface area (TPSA) is 55.8 Å². The Morgan fingerprint density at radius 2 is 2.05 bits per heavy atom. The van der Waals surface area contributed by atoms with Gasteiger partial charge in [0.05, 0.1) is 6.61 Å². The average molecular weight is 331 g/mol. The first-order valence-corrected chi connectivity index (χ1v) is 6.95. The number of carbonyl (C=O) groups is 1. The largest absolute Gasteiger partial charge is 0.490 e. The predicted molar refractivity (Wildman–Crippen MR) is 77.0 cm³/mol. The van der Waals surface area contributed by atoms with E-state index in [1.807, 2.05) is 13.0 Å². The van der Waals surface area contributed by atoms with E-state index in [2.05, 4.69) is 29.8 Å². The molecule has 0 radical (unpaired) electrons. The molecular weight excluding hydrogens is 312 g/mol. The molecule has 0 saturated heterocycles. The summed E-state index contributed by atoms with van der Waals surface area (Å²) in [6.45, 7) is 7.43. The first kappa shape index (κ1) is 16.0.